The molecule has 1 aromatic heterocycles. The van der Waals surface area contributed by atoms with Crippen LogP contribution in [0.1, 0.15) is 51.0 Å². The van der Waals surface area contributed by atoms with E-state index in [1.165, 1.54) is 11.3 Å². The highest BCUT2D eigenvalue weighted by molar-refractivity contribution is 7.17. The minimum absolute atomic E-state index is 0.0348. The number of alkyl carbamates (subject to hydrolysis) is 1. The van der Waals surface area contributed by atoms with Gasteiger partial charge in [0.1, 0.15) is 11.3 Å². The van der Waals surface area contributed by atoms with E-state index in [4.69, 9.17) is 12.6 Å². The molecule has 0 spiro atoms. The Morgan fingerprint density at radius 2 is 2.13 bits per heavy atom. The van der Waals surface area contributed by atoms with E-state index in [9.17, 15) is 9.59 Å². The largest absolute Gasteiger partial charge is 0.444 e. The second-order valence-electron chi connectivity index (χ2n) is 8.79. The predicted octanol–water partition coefficient (Wildman–Crippen LogP) is 1.38. The number of amides is 2. The number of piperidine rings is 1. The van der Waals surface area contributed by atoms with Gasteiger partial charge in [-0.25, -0.2) is 9.78 Å². The molecule has 3 atom stereocenters. The second-order valence-corrected chi connectivity index (χ2v) is 9.68. The standard InChI is InChI=1S/C20H28BN5O3S/c1-19(2,3)29-18(28)23-13-6-5-9-26(11-13)20(4)7-8-22-10-15(20)25-16(27)14-12-30-17(21)24-14/h7-8,10,12-13,15H,5-6,9,11H2,1-4H3,(H,23,28)(H,25,27)/t13-,15?,20?/m0/s1. The topological polar surface area (TPSA) is 95.9 Å². The predicted molar refractivity (Wildman–Crippen MR) is 119 cm³/mol. The minimum Gasteiger partial charge on any atom is -0.444 e. The van der Waals surface area contributed by atoms with Crippen molar-refractivity contribution in [3.05, 3.63) is 23.3 Å². The highest BCUT2D eigenvalue weighted by atomic mass is 32.1. The maximum atomic E-state index is 12.6. The molecule has 0 aromatic carbocycles. The lowest BCUT2D eigenvalue weighted by molar-refractivity contribution is 0.0410. The van der Waals surface area contributed by atoms with Crippen LogP contribution in [-0.4, -0.2) is 72.3 Å². The molecule has 2 radical (unpaired) electrons. The van der Waals surface area contributed by atoms with Gasteiger partial charge >= 0.3 is 6.09 Å². The van der Waals surface area contributed by atoms with Crippen molar-refractivity contribution in [3.63, 3.8) is 0 Å². The van der Waals surface area contributed by atoms with Gasteiger partial charge in [-0.1, -0.05) is 0 Å². The summed E-state index contributed by atoms with van der Waals surface area (Å²) < 4.78 is 5.39. The Hall–Kier alpha value is -2.20. The van der Waals surface area contributed by atoms with Gasteiger partial charge in [-0.05, 0) is 53.2 Å². The summed E-state index contributed by atoms with van der Waals surface area (Å²) in [6, 6.07) is -0.384. The van der Waals surface area contributed by atoms with Crippen molar-refractivity contribution in [1.29, 1.82) is 0 Å². The molecule has 2 unspecified atom stereocenters. The van der Waals surface area contributed by atoms with Crippen LogP contribution in [0.3, 0.4) is 0 Å². The molecular formula is C20H28BN5O3S. The Labute approximate surface area is 182 Å². The fraction of sp³-hybridized carbons (Fsp3) is 0.600. The van der Waals surface area contributed by atoms with Crippen molar-refractivity contribution in [3.8, 4) is 0 Å². The smallest absolute Gasteiger partial charge is 0.407 e. The van der Waals surface area contributed by atoms with Crippen molar-refractivity contribution in [1.82, 2.24) is 20.5 Å². The maximum absolute atomic E-state index is 12.6. The van der Waals surface area contributed by atoms with Gasteiger partial charge in [-0.3, -0.25) is 14.7 Å². The van der Waals surface area contributed by atoms with Crippen LogP contribution in [0.2, 0.25) is 0 Å². The zero-order chi connectivity index (χ0) is 21.9. The number of carbonyl (C=O) groups excluding carboxylic acids is 2. The van der Waals surface area contributed by atoms with E-state index in [0.29, 0.717) is 17.1 Å². The van der Waals surface area contributed by atoms with Crippen LogP contribution in [0.15, 0.2) is 22.6 Å². The van der Waals surface area contributed by atoms with Gasteiger partial charge in [0, 0.05) is 35.3 Å². The van der Waals surface area contributed by atoms with Gasteiger partial charge in [0.05, 0.1) is 11.6 Å². The number of aliphatic imine (C=N–C) groups is 1. The van der Waals surface area contributed by atoms with E-state index < -0.39 is 17.2 Å². The van der Waals surface area contributed by atoms with Crippen LogP contribution in [-0.2, 0) is 4.74 Å². The van der Waals surface area contributed by atoms with E-state index in [1.807, 2.05) is 26.8 Å². The first-order valence-electron chi connectivity index (χ1n) is 10.0. The molecule has 1 saturated heterocycles. The van der Waals surface area contributed by atoms with Gasteiger partial charge in [0.25, 0.3) is 5.91 Å². The van der Waals surface area contributed by atoms with Crippen LogP contribution in [0.25, 0.3) is 0 Å². The van der Waals surface area contributed by atoms with Crippen molar-refractivity contribution >= 4 is 42.3 Å². The summed E-state index contributed by atoms with van der Waals surface area (Å²) in [4.78, 5) is 35.7. The number of ether oxygens (including phenoxy) is 1. The third-order valence-electron chi connectivity index (χ3n) is 5.23. The number of carbonyl (C=O) groups is 2. The lowest BCUT2D eigenvalue weighted by Gasteiger charge is -2.47. The summed E-state index contributed by atoms with van der Waals surface area (Å²) >= 11 is 1.23. The van der Waals surface area contributed by atoms with Crippen molar-refractivity contribution < 1.29 is 14.3 Å². The first-order valence-corrected chi connectivity index (χ1v) is 10.9. The van der Waals surface area contributed by atoms with Crippen LogP contribution in [0, 0.1) is 0 Å². The molecule has 160 valence electrons. The van der Waals surface area contributed by atoms with Gasteiger partial charge in [-0.15, -0.1) is 11.3 Å². The van der Waals surface area contributed by atoms with Gasteiger partial charge in [-0.2, -0.15) is 0 Å². The summed E-state index contributed by atoms with van der Waals surface area (Å²) in [6.07, 6.45) is 6.85. The fourth-order valence-corrected chi connectivity index (χ4v) is 4.23. The number of hydrogen-bond acceptors (Lipinski definition) is 7. The number of aromatic nitrogens is 1. The molecule has 10 heteroatoms. The third kappa shape index (κ3) is 5.48. The Kier molecular flexibility index (Phi) is 6.67. The molecule has 1 fully saturated rings. The number of likely N-dealkylation sites (tertiary alicyclic amines) is 1. The highest BCUT2D eigenvalue weighted by Gasteiger charge is 2.41. The SMILES string of the molecule is [B]c1nc(C(=O)NC2C=NC=CC2(C)N2CCC[C@H](NC(=O)OC(C)(C)C)C2)cs1. The number of nitrogens with one attached hydrogen (secondary N) is 2. The summed E-state index contributed by atoms with van der Waals surface area (Å²) in [5.74, 6) is -0.290. The molecule has 1 aromatic rings. The molecule has 3 rings (SSSR count). The molecular weight excluding hydrogens is 401 g/mol. The number of hydrogen-bond donors (Lipinski definition) is 2. The van der Waals surface area contributed by atoms with E-state index in [0.717, 1.165) is 19.4 Å². The maximum Gasteiger partial charge on any atom is 0.407 e. The molecule has 0 bridgehead atoms. The zero-order valence-corrected chi connectivity index (χ0v) is 18.7. The Morgan fingerprint density at radius 3 is 2.80 bits per heavy atom. The monoisotopic (exact) mass is 429 g/mol. The van der Waals surface area contributed by atoms with Crippen LogP contribution in [0.4, 0.5) is 4.79 Å². The molecule has 3 heterocycles. The van der Waals surface area contributed by atoms with Crippen LogP contribution >= 0.6 is 11.3 Å². The average molecular weight is 429 g/mol. The van der Waals surface area contributed by atoms with E-state index in [2.05, 4.69) is 32.4 Å². The van der Waals surface area contributed by atoms with Gasteiger partial charge in [0.15, 0.2) is 7.85 Å². The average Bonchev–Trinajstić information content (AvgIpc) is 3.09. The van der Waals surface area contributed by atoms with E-state index in [-0.39, 0.29) is 18.0 Å². The van der Waals surface area contributed by atoms with Gasteiger partial charge in [0.2, 0.25) is 0 Å². The van der Waals surface area contributed by atoms with Crippen molar-refractivity contribution in [2.75, 3.05) is 13.1 Å². The molecule has 2 amide bonds. The zero-order valence-electron chi connectivity index (χ0n) is 17.8. The fourth-order valence-electron chi connectivity index (χ4n) is 3.68. The summed E-state index contributed by atoms with van der Waals surface area (Å²) in [7, 11) is 5.65. The minimum atomic E-state index is -0.540. The van der Waals surface area contributed by atoms with Gasteiger partial charge < -0.3 is 15.4 Å². The summed E-state index contributed by atoms with van der Waals surface area (Å²) in [5.41, 5.74) is -0.736. The molecule has 0 saturated carbocycles. The Bertz CT molecular complexity index is 850. The highest BCUT2D eigenvalue weighted by Crippen LogP contribution is 2.28. The van der Waals surface area contributed by atoms with Crippen molar-refractivity contribution in [2.24, 2.45) is 4.99 Å². The second kappa shape index (κ2) is 8.89. The summed E-state index contributed by atoms with van der Waals surface area (Å²) in [5, 5.41) is 7.63. The third-order valence-corrected chi connectivity index (χ3v) is 5.90. The quantitative estimate of drug-likeness (QED) is 0.706. The Balaban J connectivity index is 1.68. The number of thiazole rings is 1. The van der Waals surface area contributed by atoms with E-state index >= 15 is 0 Å². The molecule has 30 heavy (non-hydrogen) atoms. The number of nitrogens with zero attached hydrogens (tertiary/aromatic N) is 3. The lowest BCUT2D eigenvalue weighted by Crippen LogP contribution is -2.64. The number of rotatable bonds is 4. The van der Waals surface area contributed by atoms with E-state index in [1.54, 1.807) is 17.8 Å². The molecule has 0 aliphatic carbocycles. The molecule has 2 N–H and O–H groups in total. The van der Waals surface area contributed by atoms with Crippen molar-refractivity contribution in [2.45, 2.75) is 63.8 Å². The first kappa shape index (κ1) is 22.5. The lowest BCUT2D eigenvalue weighted by atomic mass is 9.86. The normalized spacial score (nSPS) is 26.9. The van der Waals surface area contributed by atoms with Crippen LogP contribution in [0.5, 0.6) is 0 Å². The molecule has 2 aliphatic rings. The Morgan fingerprint density at radius 1 is 1.37 bits per heavy atom. The van der Waals surface area contributed by atoms with Crippen LogP contribution < -0.4 is 15.5 Å². The summed E-state index contributed by atoms with van der Waals surface area (Å²) in [6.45, 7) is 9.08. The molecule has 8 nitrogen and oxygen atoms in total. The molecule has 2 aliphatic heterocycles. The first-order chi connectivity index (χ1) is 14.1.